The van der Waals surface area contributed by atoms with Gasteiger partial charge in [0.05, 0.1) is 0 Å². The van der Waals surface area contributed by atoms with E-state index >= 15 is 0 Å². The highest BCUT2D eigenvalue weighted by Gasteiger charge is 2.19. The van der Waals surface area contributed by atoms with Crippen LogP contribution in [0.3, 0.4) is 0 Å². The van der Waals surface area contributed by atoms with E-state index in [4.69, 9.17) is 0 Å². The van der Waals surface area contributed by atoms with Crippen molar-refractivity contribution in [2.75, 3.05) is 39.3 Å². The van der Waals surface area contributed by atoms with E-state index in [1.807, 2.05) is 0 Å². The molecule has 1 aliphatic rings. The van der Waals surface area contributed by atoms with Crippen molar-refractivity contribution < 1.29 is 4.79 Å². The predicted octanol–water partition coefficient (Wildman–Crippen LogP) is 0.0539. The summed E-state index contributed by atoms with van der Waals surface area (Å²) >= 11 is 0. The standard InChI is InChI=1S/C11H23N3O/c1-3-14(4-2)6-5-13-11(15)7-10-8-12-9-10/h10,12H,3-9H2,1-2H3,(H,13,15). The van der Waals surface area contributed by atoms with Crippen molar-refractivity contribution in [1.29, 1.82) is 0 Å². The molecule has 88 valence electrons. The summed E-state index contributed by atoms with van der Waals surface area (Å²) < 4.78 is 0. The smallest absolute Gasteiger partial charge is 0.220 e. The second-order valence-corrected chi connectivity index (χ2v) is 4.11. The van der Waals surface area contributed by atoms with E-state index in [1.165, 1.54) is 0 Å². The molecule has 0 unspecified atom stereocenters. The minimum absolute atomic E-state index is 0.202. The fourth-order valence-corrected chi connectivity index (χ4v) is 1.72. The van der Waals surface area contributed by atoms with Gasteiger partial charge in [-0.05, 0) is 32.1 Å². The molecular weight excluding hydrogens is 190 g/mol. The number of hydrogen-bond acceptors (Lipinski definition) is 3. The molecule has 0 spiro atoms. The Morgan fingerprint density at radius 3 is 2.53 bits per heavy atom. The van der Waals surface area contributed by atoms with Crippen LogP contribution in [0, 0.1) is 5.92 Å². The summed E-state index contributed by atoms with van der Waals surface area (Å²) in [6.45, 7) is 10.1. The number of amides is 1. The van der Waals surface area contributed by atoms with Crippen LogP contribution in [0.1, 0.15) is 20.3 Å². The van der Waals surface area contributed by atoms with Crippen molar-refractivity contribution in [2.45, 2.75) is 20.3 Å². The molecule has 0 aromatic heterocycles. The monoisotopic (exact) mass is 213 g/mol. The highest BCUT2D eigenvalue weighted by atomic mass is 16.1. The Morgan fingerprint density at radius 2 is 2.07 bits per heavy atom. The third-order valence-electron chi connectivity index (χ3n) is 2.98. The Labute approximate surface area is 92.4 Å². The molecule has 4 nitrogen and oxygen atoms in total. The fraction of sp³-hybridized carbons (Fsp3) is 0.909. The second-order valence-electron chi connectivity index (χ2n) is 4.11. The lowest BCUT2D eigenvalue weighted by Crippen LogP contribution is -2.45. The van der Waals surface area contributed by atoms with Crippen molar-refractivity contribution >= 4 is 5.91 Å². The quantitative estimate of drug-likeness (QED) is 0.628. The van der Waals surface area contributed by atoms with Crippen molar-refractivity contribution in [3.63, 3.8) is 0 Å². The van der Waals surface area contributed by atoms with E-state index in [0.29, 0.717) is 12.3 Å². The van der Waals surface area contributed by atoms with Gasteiger partial charge >= 0.3 is 0 Å². The normalized spacial score (nSPS) is 16.5. The van der Waals surface area contributed by atoms with Gasteiger partial charge in [-0.15, -0.1) is 0 Å². The number of likely N-dealkylation sites (N-methyl/N-ethyl adjacent to an activating group) is 1. The summed E-state index contributed by atoms with van der Waals surface area (Å²) in [4.78, 5) is 13.8. The SMILES string of the molecule is CCN(CC)CCNC(=O)CC1CNC1. The van der Waals surface area contributed by atoms with Crippen LogP contribution in [-0.4, -0.2) is 50.1 Å². The maximum absolute atomic E-state index is 11.4. The highest BCUT2D eigenvalue weighted by molar-refractivity contribution is 5.76. The molecule has 1 heterocycles. The molecule has 0 bridgehead atoms. The first-order chi connectivity index (χ1) is 7.26. The van der Waals surface area contributed by atoms with Gasteiger partial charge in [0.15, 0.2) is 0 Å². The van der Waals surface area contributed by atoms with Gasteiger partial charge in [0.1, 0.15) is 0 Å². The number of carbonyl (C=O) groups excluding carboxylic acids is 1. The molecule has 0 aromatic rings. The van der Waals surface area contributed by atoms with Crippen molar-refractivity contribution in [3.05, 3.63) is 0 Å². The van der Waals surface area contributed by atoms with Gasteiger partial charge in [-0.3, -0.25) is 4.79 Å². The first-order valence-corrected chi connectivity index (χ1v) is 5.96. The van der Waals surface area contributed by atoms with Crippen LogP contribution >= 0.6 is 0 Å². The first kappa shape index (κ1) is 12.5. The molecule has 1 fully saturated rings. The van der Waals surface area contributed by atoms with Crippen LogP contribution in [0.25, 0.3) is 0 Å². The zero-order valence-corrected chi connectivity index (χ0v) is 9.88. The maximum Gasteiger partial charge on any atom is 0.220 e. The zero-order valence-electron chi connectivity index (χ0n) is 9.88. The van der Waals surface area contributed by atoms with Crippen LogP contribution in [0.2, 0.25) is 0 Å². The van der Waals surface area contributed by atoms with Crippen LogP contribution in [0.4, 0.5) is 0 Å². The number of hydrogen-bond donors (Lipinski definition) is 2. The molecule has 1 aliphatic heterocycles. The number of nitrogens with zero attached hydrogens (tertiary/aromatic N) is 1. The molecule has 0 radical (unpaired) electrons. The second kappa shape index (κ2) is 6.80. The van der Waals surface area contributed by atoms with Gasteiger partial charge in [-0.2, -0.15) is 0 Å². The third-order valence-corrected chi connectivity index (χ3v) is 2.98. The molecule has 0 atom stereocenters. The fourth-order valence-electron chi connectivity index (χ4n) is 1.72. The lowest BCUT2D eigenvalue weighted by atomic mass is 9.99. The van der Waals surface area contributed by atoms with Gasteiger partial charge in [-0.1, -0.05) is 13.8 Å². The van der Waals surface area contributed by atoms with Crippen molar-refractivity contribution in [1.82, 2.24) is 15.5 Å². The van der Waals surface area contributed by atoms with Crippen molar-refractivity contribution in [3.8, 4) is 0 Å². The lowest BCUT2D eigenvalue weighted by Gasteiger charge is -2.26. The average Bonchev–Trinajstić information content (AvgIpc) is 2.18. The van der Waals surface area contributed by atoms with E-state index in [9.17, 15) is 4.79 Å². The predicted molar refractivity (Wildman–Crippen MR) is 61.8 cm³/mol. The maximum atomic E-state index is 11.4. The minimum Gasteiger partial charge on any atom is -0.355 e. The van der Waals surface area contributed by atoms with E-state index in [2.05, 4.69) is 29.4 Å². The van der Waals surface area contributed by atoms with E-state index in [1.54, 1.807) is 0 Å². The summed E-state index contributed by atoms with van der Waals surface area (Å²) in [5.41, 5.74) is 0. The third kappa shape index (κ3) is 4.62. The molecule has 0 saturated carbocycles. The summed E-state index contributed by atoms with van der Waals surface area (Å²) in [6, 6.07) is 0. The Bertz CT molecular complexity index is 188. The molecule has 1 rings (SSSR count). The molecule has 2 N–H and O–H groups in total. The van der Waals surface area contributed by atoms with Crippen LogP contribution in [0.5, 0.6) is 0 Å². The van der Waals surface area contributed by atoms with Gasteiger partial charge in [0.25, 0.3) is 0 Å². The average molecular weight is 213 g/mol. The molecule has 0 aliphatic carbocycles. The Morgan fingerprint density at radius 1 is 1.40 bits per heavy atom. The van der Waals surface area contributed by atoms with E-state index in [0.717, 1.165) is 39.3 Å². The van der Waals surface area contributed by atoms with Crippen LogP contribution in [0.15, 0.2) is 0 Å². The van der Waals surface area contributed by atoms with Gasteiger partial charge in [0.2, 0.25) is 5.91 Å². The Hall–Kier alpha value is -0.610. The Balaban J connectivity index is 2.00. The molecule has 0 aromatic carbocycles. The summed E-state index contributed by atoms with van der Waals surface area (Å²) in [5, 5.41) is 6.14. The van der Waals surface area contributed by atoms with Gasteiger partial charge in [0, 0.05) is 19.5 Å². The Kier molecular flexibility index (Phi) is 5.65. The molecule has 1 amide bonds. The topological polar surface area (TPSA) is 44.4 Å². The molecule has 15 heavy (non-hydrogen) atoms. The van der Waals surface area contributed by atoms with Gasteiger partial charge in [-0.25, -0.2) is 0 Å². The van der Waals surface area contributed by atoms with Crippen molar-refractivity contribution in [2.24, 2.45) is 5.92 Å². The van der Waals surface area contributed by atoms with Gasteiger partial charge < -0.3 is 15.5 Å². The summed E-state index contributed by atoms with van der Waals surface area (Å²) in [7, 11) is 0. The number of nitrogens with one attached hydrogen (secondary N) is 2. The molecule has 1 saturated heterocycles. The largest absolute Gasteiger partial charge is 0.355 e. The first-order valence-electron chi connectivity index (χ1n) is 5.96. The highest BCUT2D eigenvalue weighted by Crippen LogP contribution is 2.07. The summed E-state index contributed by atoms with van der Waals surface area (Å²) in [6.07, 6.45) is 0.686. The zero-order chi connectivity index (χ0) is 11.1. The van der Waals surface area contributed by atoms with Crippen LogP contribution in [-0.2, 0) is 4.79 Å². The number of carbonyl (C=O) groups is 1. The summed E-state index contributed by atoms with van der Waals surface area (Å²) in [5.74, 6) is 0.770. The van der Waals surface area contributed by atoms with E-state index in [-0.39, 0.29) is 5.91 Å². The van der Waals surface area contributed by atoms with Crippen LogP contribution < -0.4 is 10.6 Å². The van der Waals surface area contributed by atoms with E-state index < -0.39 is 0 Å². The molecule has 4 heteroatoms. The number of rotatable bonds is 7. The molecular formula is C11H23N3O. The lowest BCUT2D eigenvalue weighted by molar-refractivity contribution is -0.122. The minimum atomic E-state index is 0.202.